The number of nitrogens with zero attached hydrogens (tertiary/aromatic N) is 2. The molecule has 0 fully saturated rings. The van der Waals surface area contributed by atoms with Crippen LogP contribution in [0.1, 0.15) is 43.5 Å². The van der Waals surface area contributed by atoms with Crippen LogP contribution in [0.4, 0.5) is 0 Å². The molecular formula is C32H28Cl2N2O5S. The topological polar surface area (TPSA) is 79.1 Å². The number of hydrogen-bond donors (Lipinski definition) is 0. The number of thiazole rings is 1. The molecule has 1 aliphatic heterocycles. The Balaban J connectivity index is 1.56. The normalized spacial score (nSPS) is 14.8. The van der Waals surface area contributed by atoms with Crippen molar-refractivity contribution in [1.29, 1.82) is 0 Å². The van der Waals surface area contributed by atoms with Crippen molar-refractivity contribution in [1.82, 2.24) is 4.57 Å². The second-order valence-corrected chi connectivity index (χ2v) is 11.2. The zero-order valence-electron chi connectivity index (χ0n) is 23.2. The minimum absolute atomic E-state index is 0.191. The van der Waals surface area contributed by atoms with Crippen LogP contribution in [-0.2, 0) is 16.1 Å². The van der Waals surface area contributed by atoms with Crippen LogP contribution in [0, 0.1) is 0 Å². The smallest absolute Gasteiger partial charge is 0.338 e. The monoisotopic (exact) mass is 622 g/mol. The molecule has 1 aromatic heterocycles. The average molecular weight is 624 g/mol. The summed E-state index contributed by atoms with van der Waals surface area (Å²) in [6.45, 7) is 6.35. The number of carbonyl (C=O) groups excluding carboxylic acids is 1. The van der Waals surface area contributed by atoms with Crippen molar-refractivity contribution in [3.05, 3.63) is 124 Å². The predicted octanol–water partition coefficient (Wildman–Crippen LogP) is 6.08. The molecule has 4 aromatic rings. The van der Waals surface area contributed by atoms with E-state index in [1.54, 1.807) is 38.1 Å². The van der Waals surface area contributed by atoms with Crippen LogP contribution >= 0.6 is 34.5 Å². The fraction of sp³-hybridized carbons (Fsp3) is 0.219. The highest BCUT2D eigenvalue weighted by atomic mass is 35.5. The maximum atomic E-state index is 13.9. The highest BCUT2D eigenvalue weighted by Gasteiger charge is 2.34. The van der Waals surface area contributed by atoms with E-state index in [0.29, 0.717) is 55.4 Å². The van der Waals surface area contributed by atoms with Gasteiger partial charge in [-0.3, -0.25) is 9.36 Å². The van der Waals surface area contributed by atoms with Crippen LogP contribution in [-0.4, -0.2) is 23.8 Å². The van der Waals surface area contributed by atoms with Gasteiger partial charge in [0, 0.05) is 10.0 Å². The number of esters is 1. The summed E-state index contributed by atoms with van der Waals surface area (Å²) in [6.07, 6.45) is 1.78. The molecule has 0 saturated carbocycles. The second-order valence-electron chi connectivity index (χ2n) is 9.38. The highest BCUT2D eigenvalue weighted by Crippen LogP contribution is 2.34. The van der Waals surface area contributed by atoms with E-state index in [2.05, 4.69) is 4.99 Å². The van der Waals surface area contributed by atoms with E-state index in [-0.39, 0.29) is 17.7 Å². The van der Waals surface area contributed by atoms with Gasteiger partial charge in [-0.15, -0.1) is 0 Å². The summed E-state index contributed by atoms with van der Waals surface area (Å²) in [5.41, 5.74) is 2.80. The lowest BCUT2D eigenvalue weighted by atomic mass is 9.96. The number of allylic oxidation sites excluding steroid dienone is 1. The molecule has 1 aliphatic rings. The Morgan fingerprint density at radius 1 is 1.00 bits per heavy atom. The SMILES string of the molecule is CCOC(=O)C1=C(C)N=c2s/c(=C\c3ccc(OCc4ccc(Cl)cc4)c(OCC)c3)c(=O)n2[C@H]1c1ccccc1Cl. The Kier molecular flexibility index (Phi) is 9.16. The van der Waals surface area contributed by atoms with Crippen LogP contribution < -0.4 is 24.4 Å². The van der Waals surface area contributed by atoms with Gasteiger partial charge in [0.05, 0.1) is 29.0 Å². The standard InChI is InChI=1S/C32H28Cl2N2O5S/c1-4-39-26-16-21(12-15-25(26)41-18-20-10-13-22(33)14-11-20)17-27-30(37)36-29(23-8-6-7-9-24(23)34)28(31(38)40-5-2)19(3)35-32(36)42-27/h6-17,29H,4-5,18H2,1-3H3/b27-17-/t29-/m0/s1. The van der Waals surface area contributed by atoms with Gasteiger partial charge in [0.2, 0.25) is 0 Å². The van der Waals surface area contributed by atoms with Gasteiger partial charge >= 0.3 is 5.97 Å². The molecule has 0 aliphatic carbocycles. The molecule has 5 rings (SSSR count). The van der Waals surface area contributed by atoms with E-state index in [1.807, 2.05) is 55.5 Å². The number of halogens is 2. The number of carbonyl (C=O) groups is 1. The van der Waals surface area contributed by atoms with Crippen molar-refractivity contribution in [3.8, 4) is 11.5 Å². The summed E-state index contributed by atoms with van der Waals surface area (Å²) in [6, 6.07) is 19.3. The molecule has 42 heavy (non-hydrogen) atoms. The first-order valence-corrected chi connectivity index (χ1v) is 15.0. The highest BCUT2D eigenvalue weighted by molar-refractivity contribution is 7.07. The second kappa shape index (κ2) is 13.0. The number of benzene rings is 3. The first kappa shape index (κ1) is 29.6. The van der Waals surface area contributed by atoms with Gasteiger partial charge in [-0.2, -0.15) is 0 Å². The molecule has 0 bridgehead atoms. The van der Waals surface area contributed by atoms with Crippen molar-refractivity contribution in [2.45, 2.75) is 33.4 Å². The third-order valence-corrected chi connectivity index (χ3v) is 8.17. The lowest BCUT2D eigenvalue weighted by Gasteiger charge is -2.25. The zero-order chi connectivity index (χ0) is 29.8. The fourth-order valence-corrected chi connectivity index (χ4v) is 6.09. The lowest BCUT2D eigenvalue weighted by Crippen LogP contribution is -2.40. The number of ether oxygens (including phenoxy) is 3. The quantitative estimate of drug-likeness (QED) is 0.211. The molecule has 0 unspecified atom stereocenters. The van der Waals surface area contributed by atoms with Crippen molar-refractivity contribution >= 4 is 46.6 Å². The molecule has 0 N–H and O–H groups in total. The lowest BCUT2D eigenvalue weighted by molar-refractivity contribution is -0.139. The first-order valence-electron chi connectivity index (χ1n) is 13.4. The van der Waals surface area contributed by atoms with E-state index in [0.717, 1.165) is 11.1 Å². The zero-order valence-corrected chi connectivity index (χ0v) is 25.6. The van der Waals surface area contributed by atoms with Crippen molar-refractivity contribution < 1.29 is 19.0 Å². The van der Waals surface area contributed by atoms with Crippen LogP contribution in [0.25, 0.3) is 6.08 Å². The molecule has 7 nitrogen and oxygen atoms in total. The summed E-state index contributed by atoms with van der Waals surface area (Å²) >= 11 is 13.8. The van der Waals surface area contributed by atoms with Gasteiger partial charge in [-0.25, -0.2) is 9.79 Å². The summed E-state index contributed by atoms with van der Waals surface area (Å²) in [4.78, 5) is 32.1. The average Bonchev–Trinajstić information content (AvgIpc) is 3.27. The van der Waals surface area contributed by atoms with Crippen molar-refractivity contribution in [3.63, 3.8) is 0 Å². The minimum atomic E-state index is -0.779. The minimum Gasteiger partial charge on any atom is -0.490 e. The fourth-order valence-electron chi connectivity index (χ4n) is 4.68. The van der Waals surface area contributed by atoms with E-state index >= 15 is 0 Å². The van der Waals surface area contributed by atoms with Gasteiger partial charge in [0.1, 0.15) is 12.6 Å². The maximum Gasteiger partial charge on any atom is 0.338 e. The summed E-state index contributed by atoms with van der Waals surface area (Å²) in [5.74, 6) is 0.606. The summed E-state index contributed by atoms with van der Waals surface area (Å²) in [7, 11) is 0. The number of fused-ring (bicyclic) bond motifs is 1. The number of rotatable bonds is 9. The largest absolute Gasteiger partial charge is 0.490 e. The third-order valence-electron chi connectivity index (χ3n) is 6.59. The Morgan fingerprint density at radius 2 is 1.76 bits per heavy atom. The van der Waals surface area contributed by atoms with Crippen LogP contribution in [0.15, 0.2) is 87.8 Å². The number of hydrogen-bond acceptors (Lipinski definition) is 7. The third kappa shape index (κ3) is 6.16. The van der Waals surface area contributed by atoms with Gasteiger partial charge in [0.25, 0.3) is 5.56 Å². The Labute approximate surface area is 256 Å². The summed E-state index contributed by atoms with van der Waals surface area (Å²) < 4.78 is 19.2. The van der Waals surface area contributed by atoms with E-state index < -0.39 is 12.0 Å². The molecule has 10 heteroatoms. The van der Waals surface area contributed by atoms with Gasteiger partial charge in [-0.05, 0) is 73.9 Å². The number of aromatic nitrogens is 1. The van der Waals surface area contributed by atoms with Crippen LogP contribution in [0.2, 0.25) is 10.0 Å². The Morgan fingerprint density at radius 3 is 2.48 bits per heavy atom. The van der Waals surface area contributed by atoms with Gasteiger partial charge < -0.3 is 14.2 Å². The molecule has 0 saturated heterocycles. The maximum absolute atomic E-state index is 13.9. The Bertz CT molecular complexity index is 1840. The van der Waals surface area contributed by atoms with Crippen LogP contribution in [0.3, 0.4) is 0 Å². The molecule has 0 spiro atoms. The van der Waals surface area contributed by atoms with E-state index in [4.69, 9.17) is 37.4 Å². The van der Waals surface area contributed by atoms with Gasteiger partial charge in [-0.1, -0.05) is 70.9 Å². The predicted molar refractivity (Wildman–Crippen MR) is 165 cm³/mol. The molecule has 1 atom stereocenters. The summed E-state index contributed by atoms with van der Waals surface area (Å²) in [5, 5.41) is 1.10. The van der Waals surface area contributed by atoms with E-state index in [9.17, 15) is 9.59 Å². The molecular weight excluding hydrogens is 595 g/mol. The van der Waals surface area contributed by atoms with Crippen LogP contribution in [0.5, 0.6) is 11.5 Å². The Hall–Kier alpha value is -3.85. The van der Waals surface area contributed by atoms with Crippen molar-refractivity contribution in [2.24, 2.45) is 4.99 Å². The van der Waals surface area contributed by atoms with Gasteiger partial charge in [0.15, 0.2) is 16.3 Å². The molecule has 3 aromatic carbocycles. The first-order chi connectivity index (χ1) is 20.3. The molecule has 2 heterocycles. The molecule has 216 valence electrons. The van der Waals surface area contributed by atoms with Crippen molar-refractivity contribution in [2.75, 3.05) is 13.2 Å². The molecule has 0 amide bonds. The van der Waals surface area contributed by atoms with E-state index in [1.165, 1.54) is 15.9 Å². The molecule has 0 radical (unpaired) electrons.